The lowest BCUT2D eigenvalue weighted by molar-refractivity contribution is -0.126. The first-order chi connectivity index (χ1) is 12.8. The van der Waals surface area contributed by atoms with Crippen LogP contribution in [-0.2, 0) is 22.6 Å². The summed E-state index contributed by atoms with van der Waals surface area (Å²) >= 11 is 0. The molecule has 0 aliphatic rings. The SMILES string of the molecule is CC(C)N[C@@H](Cc1ccccc1)c1cn(CC(=O)NCC(=O)C(C)C)nn1. The van der Waals surface area contributed by atoms with Crippen molar-refractivity contribution in [2.45, 2.75) is 52.7 Å². The Hall–Kier alpha value is -2.54. The maximum absolute atomic E-state index is 12.0. The van der Waals surface area contributed by atoms with E-state index < -0.39 is 0 Å². The van der Waals surface area contributed by atoms with Crippen LogP contribution in [-0.4, -0.2) is 39.3 Å². The van der Waals surface area contributed by atoms with E-state index in [0.29, 0.717) is 0 Å². The number of hydrogen-bond donors (Lipinski definition) is 2. The van der Waals surface area contributed by atoms with Crippen molar-refractivity contribution in [3.05, 3.63) is 47.8 Å². The Bertz CT molecular complexity index is 740. The van der Waals surface area contributed by atoms with Gasteiger partial charge in [0.05, 0.1) is 24.5 Å². The quantitative estimate of drug-likeness (QED) is 0.666. The predicted octanol–water partition coefficient (Wildman–Crippen LogP) is 1.90. The Kier molecular flexibility index (Phi) is 7.67. The molecule has 27 heavy (non-hydrogen) atoms. The van der Waals surface area contributed by atoms with E-state index in [1.165, 1.54) is 10.2 Å². The normalized spacial score (nSPS) is 12.4. The highest BCUT2D eigenvalue weighted by atomic mass is 16.2. The molecule has 0 saturated heterocycles. The van der Waals surface area contributed by atoms with Gasteiger partial charge in [0.2, 0.25) is 5.91 Å². The average Bonchev–Trinajstić information content (AvgIpc) is 3.08. The highest BCUT2D eigenvalue weighted by Gasteiger charge is 2.18. The van der Waals surface area contributed by atoms with Crippen molar-refractivity contribution in [2.24, 2.45) is 5.92 Å². The zero-order valence-corrected chi connectivity index (χ0v) is 16.5. The van der Waals surface area contributed by atoms with Gasteiger partial charge < -0.3 is 10.6 Å². The minimum Gasteiger partial charge on any atom is -0.347 e. The highest BCUT2D eigenvalue weighted by molar-refractivity contribution is 5.87. The molecule has 146 valence electrons. The number of nitrogens with zero attached hydrogens (tertiary/aromatic N) is 3. The lowest BCUT2D eigenvalue weighted by Gasteiger charge is -2.19. The molecule has 0 aliphatic carbocycles. The molecule has 0 bridgehead atoms. The van der Waals surface area contributed by atoms with Crippen LogP contribution in [0.2, 0.25) is 0 Å². The molecule has 2 aromatic rings. The van der Waals surface area contributed by atoms with Crippen LogP contribution in [0, 0.1) is 5.92 Å². The third-order valence-electron chi connectivity index (χ3n) is 4.14. The molecule has 0 unspecified atom stereocenters. The number of benzene rings is 1. The fraction of sp³-hybridized carbons (Fsp3) is 0.500. The van der Waals surface area contributed by atoms with Crippen molar-refractivity contribution in [2.75, 3.05) is 6.54 Å². The summed E-state index contributed by atoms with van der Waals surface area (Å²) in [5.41, 5.74) is 1.99. The van der Waals surface area contributed by atoms with Crippen molar-refractivity contribution < 1.29 is 9.59 Å². The number of hydrogen-bond acceptors (Lipinski definition) is 5. The summed E-state index contributed by atoms with van der Waals surface area (Å²) in [6, 6.07) is 10.5. The highest BCUT2D eigenvalue weighted by Crippen LogP contribution is 2.17. The molecule has 1 heterocycles. The van der Waals surface area contributed by atoms with E-state index in [2.05, 4.69) is 46.9 Å². The monoisotopic (exact) mass is 371 g/mol. The summed E-state index contributed by atoms with van der Waals surface area (Å²) in [5.74, 6) is -0.340. The molecule has 7 nitrogen and oxygen atoms in total. The van der Waals surface area contributed by atoms with Crippen LogP contribution in [0.15, 0.2) is 36.5 Å². The van der Waals surface area contributed by atoms with Crippen LogP contribution in [0.1, 0.15) is 45.0 Å². The molecule has 1 amide bonds. The molecule has 1 aromatic carbocycles. The first kappa shape index (κ1) is 20.8. The third kappa shape index (κ3) is 6.94. The molecule has 1 atom stereocenters. The summed E-state index contributed by atoms with van der Waals surface area (Å²) in [4.78, 5) is 23.6. The summed E-state index contributed by atoms with van der Waals surface area (Å²) in [7, 11) is 0. The topological polar surface area (TPSA) is 88.9 Å². The Labute approximate surface area is 160 Å². The Morgan fingerprint density at radius 3 is 2.44 bits per heavy atom. The van der Waals surface area contributed by atoms with Gasteiger partial charge in [0.25, 0.3) is 0 Å². The van der Waals surface area contributed by atoms with Crippen LogP contribution in [0.3, 0.4) is 0 Å². The van der Waals surface area contributed by atoms with E-state index in [-0.39, 0.29) is 42.8 Å². The summed E-state index contributed by atoms with van der Waals surface area (Å²) < 4.78 is 1.50. The third-order valence-corrected chi connectivity index (χ3v) is 4.14. The van der Waals surface area contributed by atoms with Gasteiger partial charge in [-0.15, -0.1) is 5.10 Å². The maximum Gasteiger partial charge on any atom is 0.242 e. The van der Waals surface area contributed by atoms with Gasteiger partial charge in [0.15, 0.2) is 5.78 Å². The van der Waals surface area contributed by atoms with Gasteiger partial charge in [-0.1, -0.05) is 63.2 Å². The van der Waals surface area contributed by atoms with Gasteiger partial charge >= 0.3 is 0 Å². The van der Waals surface area contributed by atoms with Gasteiger partial charge in [0.1, 0.15) is 6.54 Å². The lowest BCUT2D eigenvalue weighted by Crippen LogP contribution is -2.34. The molecule has 0 spiro atoms. The molecular weight excluding hydrogens is 342 g/mol. The number of amides is 1. The zero-order chi connectivity index (χ0) is 19.8. The molecule has 0 saturated carbocycles. The maximum atomic E-state index is 12.0. The van der Waals surface area contributed by atoms with E-state index in [4.69, 9.17) is 0 Å². The van der Waals surface area contributed by atoms with E-state index in [1.54, 1.807) is 6.20 Å². The fourth-order valence-corrected chi connectivity index (χ4v) is 2.64. The minimum absolute atomic E-state index is 0.00619. The number of nitrogens with one attached hydrogen (secondary N) is 2. The number of Topliss-reactive ketones (excluding diaryl/α,β-unsaturated/α-hetero) is 1. The molecule has 2 rings (SSSR count). The second-order valence-corrected chi connectivity index (χ2v) is 7.30. The van der Waals surface area contributed by atoms with Crippen LogP contribution in [0.4, 0.5) is 0 Å². The van der Waals surface area contributed by atoms with Crippen molar-refractivity contribution >= 4 is 11.7 Å². The number of carbonyl (C=O) groups excluding carboxylic acids is 2. The summed E-state index contributed by atoms with van der Waals surface area (Å²) in [6.07, 6.45) is 2.57. The van der Waals surface area contributed by atoms with Crippen molar-refractivity contribution in [3.8, 4) is 0 Å². The van der Waals surface area contributed by atoms with Crippen LogP contribution >= 0.6 is 0 Å². The molecule has 1 aromatic heterocycles. The molecule has 2 N–H and O–H groups in total. The molecule has 0 fully saturated rings. The van der Waals surface area contributed by atoms with Crippen LogP contribution in [0.25, 0.3) is 0 Å². The number of carbonyl (C=O) groups is 2. The van der Waals surface area contributed by atoms with Gasteiger partial charge in [0, 0.05) is 12.0 Å². The molecule has 0 radical (unpaired) electrons. The van der Waals surface area contributed by atoms with Crippen molar-refractivity contribution in [1.82, 2.24) is 25.6 Å². The number of ketones is 1. The van der Waals surface area contributed by atoms with Gasteiger partial charge in [-0.2, -0.15) is 0 Å². The van der Waals surface area contributed by atoms with Gasteiger partial charge in [-0.3, -0.25) is 9.59 Å². The van der Waals surface area contributed by atoms with E-state index >= 15 is 0 Å². The minimum atomic E-state index is -0.253. The number of aromatic nitrogens is 3. The average molecular weight is 371 g/mol. The van der Waals surface area contributed by atoms with Crippen molar-refractivity contribution in [1.29, 1.82) is 0 Å². The van der Waals surface area contributed by atoms with Crippen molar-refractivity contribution in [3.63, 3.8) is 0 Å². The summed E-state index contributed by atoms with van der Waals surface area (Å²) in [6.45, 7) is 7.88. The fourth-order valence-electron chi connectivity index (χ4n) is 2.64. The summed E-state index contributed by atoms with van der Waals surface area (Å²) in [5, 5.41) is 14.4. The standard InChI is InChI=1S/C20H29N5O2/c1-14(2)19(26)11-21-20(27)13-25-12-18(23-24-25)17(22-15(3)4)10-16-8-6-5-7-9-16/h5-9,12,14-15,17,22H,10-11,13H2,1-4H3,(H,21,27)/t17-/m0/s1. The Morgan fingerprint density at radius 2 is 1.81 bits per heavy atom. The smallest absolute Gasteiger partial charge is 0.242 e. The lowest BCUT2D eigenvalue weighted by atomic mass is 10.0. The first-order valence-electron chi connectivity index (χ1n) is 9.34. The van der Waals surface area contributed by atoms with Crippen LogP contribution < -0.4 is 10.6 Å². The van der Waals surface area contributed by atoms with Crippen LogP contribution in [0.5, 0.6) is 0 Å². The first-order valence-corrected chi connectivity index (χ1v) is 9.34. The van der Waals surface area contributed by atoms with E-state index in [9.17, 15) is 9.59 Å². The van der Waals surface area contributed by atoms with E-state index in [1.807, 2.05) is 32.0 Å². The molecule has 7 heteroatoms. The second kappa shape index (κ2) is 9.97. The second-order valence-electron chi connectivity index (χ2n) is 7.30. The Balaban J connectivity index is 1.99. The predicted molar refractivity (Wildman–Crippen MR) is 104 cm³/mol. The van der Waals surface area contributed by atoms with Gasteiger partial charge in [-0.25, -0.2) is 4.68 Å². The molecule has 0 aliphatic heterocycles. The molecular formula is C20H29N5O2. The Morgan fingerprint density at radius 1 is 1.11 bits per heavy atom. The van der Waals surface area contributed by atoms with E-state index in [0.717, 1.165) is 12.1 Å². The number of rotatable bonds is 10. The van der Waals surface area contributed by atoms with Gasteiger partial charge in [-0.05, 0) is 12.0 Å². The zero-order valence-electron chi connectivity index (χ0n) is 16.5. The largest absolute Gasteiger partial charge is 0.347 e.